The normalized spacial score (nSPS) is 14.1. The maximum atomic E-state index is 8.14. The van der Waals surface area contributed by atoms with E-state index in [2.05, 4.69) is 14.2 Å². The molecule has 0 aromatic heterocycles. The fourth-order valence-electron chi connectivity index (χ4n) is 0. The minimum Gasteiger partial charge on any atom is -0.368 e. The second kappa shape index (κ2) is 21.6. The van der Waals surface area contributed by atoms with E-state index in [9.17, 15) is 0 Å². The van der Waals surface area contributed by atoms with Gasteiger partial charge in [-0.2, -0.15) is 0 Å². The van der Waals surface area contributed by atoms with Crippen molar-refractivity contribution in [3.63, 3.8) is 0 Å². The van der Waals surface area contributed by atoms with E-state index in [1.54, 1.807) is 20.8 Å². The molecule has 3 N–H and O–H groups in total. The van der Waals surface area contributed by atoms with Crippen LogP contribution in [0.25, 0.3) is 0 Å². The quantitative estimate of drug-likeness (QED) is 0.594. The summed E-state index contributed by atoms with van der Waals surface area (Å²) in [5.41, 5.74) is 0. The van der Waals surface area contributed by atoms with Crippen LogP contribution in [0.15, 0.2) is 0 Å². The van der Waals surface area contributed by atoms with E-state index >= 15 is 0 Å². The molecular formula is C9H24EuO6. The van der Waals surface area contributed by atoms with Gasteiger partial charge in [0.15, 0.2) is 18.9 Å². The standard InChI is InChI=1S/3C3H8O2.Eu/c3*1-3(4)5-2;/h3*3-4H,1-2H3;. The minimum atomic E-state index is -0.616. The third-order valence-electron chi connectivity index (χ3n) is 1.02. The van der Waals surface area contributed by atoms with Gasteiger partial charge in [0.05, 0.1) is 0 Å². The summed E-state index contributed by atoms with van der Waals surface area (Å²) in [6.07, 6.45) is -1.85. The first-order valence-corrected chi connectivity index (χ1v) is 4.44. The molecule has 0 saturated carbocycles. The van der Waals surface area contributed by atoms with Crippen molar-refractivity contribution in [1.82, 2.24) is 0 Å². The summed E-state index contributed by atoms with van der Waals surface area (Å²) in [4.78, 5) is 0. The molecule has 0 aliphatic heterocycles. The summed E-state index contributed by atoms with van der Waals surface area (Å²) in [6, 6.07) is 0. The molecule has 1 radical (unpaired) electrons. The molecule has 0 spiro atoms. The summed E-state index contributed by atoms with van der Waals surface area (Å²) in [6.45, 7) is 4.67. The molecule has 0 aliphatic rings. The third-order valence-corrected chi connectivity index (χ3v) is 1.02. The Labute approximate surface area is 138 Å². The molecule has 0 amide bonds. The molecule has 6 nitrogen and oxygen atoms in total. The second-order valence-electron chi connectivity index (χ2n) is 2.51. The number of ether oxygens (including phenoxy) is 3. The molecule has 7 heteroatoms. The molecule has 0 saturated heterocycles. The summed E-state index contributed by atoms with van der Waals surface area (Å²) < 4.78 is 12.9. The molecule has 0 rings (SSSR count). The van der Waals surface area contributed by atoms with E-state index in [1.165, 1.54) is 21.3 Å². The van der Waals surface area contributed by atoms with Crippen molar-refractivity contribution >= 4 is 0 Å². The van der Waals surface area contributed by atoms with Crippen molar-refractivity contribution < 1.29 is 78.9 Å². The fourth-order valence-corrected chi connectivity index (χ4v) is 0. The molecule has 0 bridgehead atoms. The molecule has 103 valence electrons. The molecule has 0 aromatic carbocycles. The summed E-state index contributed by atoms with van der Waals surface area (Å²) >= 11 is 0. The van der Waals surface area contributed by atoms with Crippen molar-refractivity contribution in [2.24, 2.45) is 0 Å². The fraction of sp³-hybridized carbons (Fsp3) is 1.00. The average Bonchev–Trinajstić information content (AvgIpc) is 2.19. The van der Waals surface area contributed by atoms with Gasteiger partial charge < -0.3 is 29.5 Å². The van der Waals surface area contributed by atoms with Crippen LogP contribution < -0.4 is 0 Å². The largest absolute Gasteiger partial charge is 0.368 e. The molecular weight excluding hydrogens is 356 g/mol. The van der Waals surface area contributed by atoms with Gasteiger partial charge in [-0.3, -0.25) is 0 Å². The Kier molecular flexibility index (Phi) is 35.1. The first-order valence-electron chi connectivity index (χ1n) is 4.44. The van der Waals surface area contributed by atoms with Crippen molar-refractivity contribution in [3.05, 3.63) is 0 Å². The number of hydrogen-bond acceptors (Lipinski definition) is 6. The van der Waals surface area contributed by atoms with Crippen LogP contribution in [-0.2, 0) is 14.2 Å². The third kappa shape index (κ3) is 58.5. The van der Waals surface area contributed by atoms with Gasteiger partial charge in [-0.1, -0.05) is 0 Å². The molecule has 0 heterocycles. The second-order valence-corrected chi connectivity index (χ2v) is 2.51. The summed E-state index contributed by atoms with van der Waals surface area (Å²) in [5.74, 6) is 0. The van der Waals surface area contributed by atoms with Gasteiger partial charge in [0, 0.05) is 70.7 Å². The van der Waals surface area contributed by atoms with Crippen LogP contribution in [0, 0.1) is 49.4 Å². The van der Waals surface area contributed by atoms with Gasteiger partial charge in [0.25, 0.3) is 0 Å². The first kappa shape index (κ1) is 26.0. The van der Waals surface area contributed by atoms with E-state index in [0.717, 1.165) is 0 Å². The monoisotopic (exact) mass is 381 g/mol. The van der Waals surface area contributed by atoms with Gasteiger partial charge in [0.1, 0.15) is 0 Å². The number of aliphatic hydroxyl groups excluding tert-OH is 3. The smallest absolute Gasteiger partial charge is 0.151 e. The van der Waals surface area contributed by atoms with Crippen LogP contribution in [0.3, 0.4) is 0 Å². The van der Waals surface area contributed by atoms with Crippen molar-refractivity contribution in [1.29, 1.82) is 0 Å². The van der Waals surface area contributed by atoms with Crippen LogP contribution in [-0.4, -0.2) is 55.5 Å². The zero-order valence-electron chi connectivity index (χ0n) is 10.7. The summed E-state index contributed by atoms with van der Waals surface area (Å²) in [7, 11) is 4.35. The van der Waals surface area contributed by atoms with E-state index in [-0.39, 0.29) is 49.4 Å². The zero-order valence-corrected chi connectivity index (χ0v) is 13.1. The summed E-state index contributed by atoms with van der Waals surface area (Å²) in [5, 5.41) is 24.4. The minimum absolute atomic E-state index is 0. The Morgan fingerprint density at radius 3 is 0.688 bits per heavy atom. The molecule has 0 aromatic rings. The maximum absolute atomic E-state index is 8.14. The average molecular weight is 380 g/mol. The first-order chi connectivity index (χ1) is 6.81. The van der Waals surface area contributed by atoms with Crippen LogP contribution in [0.5, 0.6) is 0 Å². The van der Waals surface area contributed by atoms with Gasteiger partial charge in [-0.15, -0.1) is 0 Å². The van der Waals surface area contributed by atoms with E-state index < -0.39 is 18.9 Å². The Morgan fingerprint density at radius 2 is 0.688 bits per heavy atom. The van der Waals surface area contributed by atoms with E-state index in [0.29, 0.717) is 0 Å². The van der Waals surface area contributed by atoms with Crippen LogP contribution in [0.4, 0.5) is 0 Å². The Balaban J connectivity index is -0.0000000655. The molecule has 16 heavy (non-hydrogen) atoms. The topological polar surface area (TPSA) is 88.4 Å². The number of rotatable bonds is 3. The van der Waals surface area contributed by atoms with E-state index in [1.807, 2.05) is 0 Å². The van der Waals surface area contributed by atoms with Gasteiger partial charge in [-0.05, 0) is 20.8 Å². The molecule has 3 unspecified atom stereocenters. The Bertz CT molecular complexity index is 81.0. The Morgan fingerprint density at radius 1 is 0.625 bits per heavy atom. The number of methoxy groups -OCH3 is 3. The maximum Gasteiger partial charge on any atom is 0.151 e. The van der Waals surface area contributed by atoms with Gasteiger partial charge in [0.2, 0.25) is 0 Å². The van der Waals surface area contributed by atoms with Crippen molar-refractivity contribution in [2.75, 3.05) is 21.3 Å². The van der Waals surface area contributed by atoms with Gasteiger partial charge >= 0.3 is 0 Å². The van der Waals surface area contributed by atoms with E-state index in [4.69, 9.17) is 15.3 Å². The Hall–Kier alpha value is 1.34. The van der Waals surface area contributed by atoms with Crippen LogP contribution in [0.1, 0.15) is 20.8 Å². The van der Waals surface area contributed by atoms with Crippen LogP contribution in [0.2, 0.25) is 0 Å². The molecule has 0 fully saturated rings. The van der Waals surface area contributed by atoms with Crippen LogP contribution >= 0.6 is 0 Å². The number of hydrogen-bond donors (Lipinski definition) is 3. The SMILES string of the molecule is COC(C)O.COC(C)O.COC(C)O.[Eu]. The van der Waals surface area contributed by atoms with Crippen molar-refractivity contribution in [3.8, 4) is 0 Å². The zero-order chi connectivity index (χ0) is 12.9. The molecule has 0 aliphatic carbocycles. The molecule has 3 atom stereocenters. The number of aliphatic hydroxyl groups is 3. The van der Waals surface area contributed by atoms with Crippen molar-refractivity contribution in [2.45, 2.75) is 39.6 Å². The van der Waals surface area contributed by atoms with Gasteiger partial charge in [-0.25, -0.2) is 0 Å². The predicted octanol–water partition coefficient (Wildman–Crippen LogP) is -0.0867. The predicted molar refractivity (Wildman–Crippen MR) is 56.1 cm³/mol.